The number of thioether (sulfide) groups is 1. The fraction of sp³-hybridized carbons (Fsp3) is 0.600. The SMILES string of the molecule is CCSC1CCCC1NCCOc1ccc([N+](=O)[O-])cc1. The topological polar surface area (TPSA) is 64.4 Å². The quantitative estimate of drug-likeness (QED) is 0.454. The van der Waals surface area contributed by atoms with Crippen molar-refractivity contribution in [3.63, 3.8) is 0 Å². The number of rotatable bonds is 8. The van der Waals surface area contributed by atoms with Gasteiger partial charge < -0.3 is 10.1 Å². The van der Waals surface area contributed by atoms with Crippen LogP contribution in [0.1, 0.15) is 26.2 Å². The summed E-state index contributed by atoms with van der Waals surface area (Å²) in [5.41, 5.74) is 0.0888. The Labute approximate surface area is 129 Å². The Kier molecular flexibility index (Phi) is 6.32. The molecule has 1 saturated carbocycles. The van der Waals surface area contributed by atoms with E-state index in [1.807, 2.05) is 11.8 Å². The zero-order valence-corrected chi connectivity index (χ0v) is 13.1. The minimum absolute atomic E-state index is 0.0888. The summed E-state index contributed by atoms with van der Waals surface area (Å²) in [6.45, 7) is 3.60. The molecule has 1 aliphatic rings. The molecule has 0 radical (unpaired) electrons. The fourth-order valence-corrected chi connectivity index (χ4v) is 3.88. The molecule has 0 heterocycles. The summed E-state index contributed by atoms with van der Waals surface area (Å²) in [6.07, 6.45) is 3.85. The van der Waals surface area contributed by atoms with Crippen LogP contribution in [0.5, 0.6) is 5.75 Å². The Morgan fingerprint density at radius 3 is 2.81 bits per heavy atom. The highest BCUT2D eigenvalue weighted by molar-refractivity contribution is 7.99. The lowest BCUT2D eigenvalue weighted by molar-refractivity contribution is -0.384. The first-order valence-corrected chi connectivity index (χ1v) is 8.48. The molecule has 116 valence electrons. The van der Waals surface area contributed by atoms with E-state index in [1.165, 1.54) is 37.1 Å². The summed E-state index contributed by atoms with van der Waals surface area (Å²) in [5.74, 6) is 1.84. The van der Waals surface area contributed by atoms with Gasteiger partial charge in [-0.15, -0.1) is 0 Å². The third kappa shape index (κ3) is 4.89. The van der Waals surface area contributed by atoms with Crippen molar-refractivity contribution in [3.05, 3.63) is 34.4 Å². The Hall–Kier alpha value is -1.27. The molecule has 0 spiro atoms. The van der Waals surface area contributed by atoms with Crippen LogP contribution >= 0.6 is 11.8 Å². The molecule has 2 unspecified atom stereocenters. The van der Waals surface area contributed by atoms with Crippen molar-refractivity contribution < 1.29 is 9.66 Å². The number of non-ortho nitro benzene ring substituents is 1. The van der Waals surface area contributed by atoms with E-state index in [1.54, 1.807) is 12.1 Å². The van der Waals surface area contributed by atoms with Crippen LogP contribution in [-0.2, 0) is 0 Å². The Bertz CT molecular complexity index is 453. The molecule has 5 nitrogen and oxygen atoms in total. The number of hydrogen-bond donors (Lipinski definition) is 1. The monoisotopic (exact) mass is 310 g/mol. The average molecular weight is 310 g/mol. The molecule has 0 aliphatic heterocycles. The van der Waals surface area contributed by atoms with Gasteiger partial charge in [0.15, 0.2) is 0 Å². The predicted molar refractivity (Wildman–Crippen MR) is 86.2 cm³/mol. The molecule has 1 N–H and O–H groups in total. The lowest BCUT2D eigenvalue weighted by Gasteiger charge is -2.20. The number of nitro benzene ring substituents is 1. The van der Waals surface area contributed by atoms with Gasteiger partial charge in [-0.1, -0.05) is 13.3 Å². The molecule has 0 aromatic heterocycles. The minimum atomic E-state index is -0.406. The summed E-state index contributed by atoms with van der Waals surface area (Å²) in [4.78, 5) is 10.2. The van der Waals surface area contributed by atoms with Crippen LogP contribution in [0.15, 0.2) is 24.3 Å². The second kappa shape index (κ2) is 8.24. The van der Waals surface area contributed by atoms with Crippen LogP contribution in [0.2, 0.25) is 0 Å². The van der Waals surface area contributed by atoms with E-state index in [2.05, 4.69) is 12.2 Å². The highest BCUT2D eigenvalue weighted by atomic mass is 32.2. The molecular formula is C15H22N2O3S. The van der Waals surface area contributed by atoms with Gasteiger partial charge in [-0.2, -0.15) is 11.8 Å². The van der Waals surface area contributed by atoms with Crippen LogP contribution in [0.4, 0.5) is 5.69 Å². The maximum absolute atomic E-state index is 10.6. The number of nitrogens with zero attached hydrogens (tertiary/aromatic N) is 1. The van der Waals surface area contributed by atoms with E-state index in [0.29, 0.717) is 18.4 Å². The Morgan fingerprint density at radius 2 is 2.14 bits per heavy atom. The van der Waals surface area contributed by atoms with Crippen LogP contribution in [0.25, 0.3) is 0 Å². The fourth-order valence-electron chi connectivity index (χ4n) is 2.65. The lowest BCUT2D eigenvalue weighted by atomic mass is 10.2. The first-order chi connectivity index (χ1) is 10.2. The van der Waals surface area contributed by atoms with Gasteiger partial charge in [0.25, 0.3) is 5.69 Å². The predicted octanol–water partition coefficient (Wildman–Crippen LogP) is 3.24. The van der Waals surface area contributed by atoms with E-state index < -0.39 is 4.92 Å². The Morgan fingerprint density at radius 1 is 1.38 bits per heavy atom. The number of hydrogen-bond acceptors (Lipinski definition) is 5. The van der Waals surface area contributed by atoms with E-state index in [4.69, 9.17) is 4.74 Å². The normalized spacial score (nSPS) is 21.4. The molecule has 2 atom stereocenters. The smallest absolute Gasteiger partial charge is 0.269 e. The van der Waals surface area contributed by atoms with Crippen molar-refractivity contribution in [3.8, 4) is 5.75 Å². The standard InChI is InChI=1S/C15H22N2O3S/c1-2-21-15-5-3-4-14(15)16-10-11-20-13-8-6-12(7-9-13)17(18)19/h6-9,14-16H,2-5,10-11H2,1H3. The summed E-state index contributed by atoms with van der Waals surface area (Å²) >= 11 is 2.04. The van der Waals surface area contributed by atoms with E-state index in [-0.39, 0.29) is 5.69 Å². The molecular weight excluding hydrogens is 288 g/mol. The van der Waals surface area contributed by atoms with Crippen LogP contribution in [0.3, 0.4) is 0 Å². The largest absolute Gasteiger partial charge is 0.492 e. The van der Waals surface area contributed by atoms with Gasteiger partial charge in [-0.05, 0) is 30.7 Å². The summed E-state index contributed by atoms with van der Waals surface area (Å²) in [6, 6.07) is 6.81. The first kappa shape index (κ1) is 16.1. The van der Waals surface area contributed by atoms with Crippen molar-refractivity contribution in [1.82, 2.24) is 5.32 Å². The maximum atomic E-state index is 10.6. The van der Waals surface area contributed by atoms with Gasteiger partial charge in [-0.25, -0.2) is 0 Å². The minimum Gasteiger partial charge on any atom is -0.492 e. The van der Waals surface area contributed by atoms with Crippen LogP contribution < -0.4 is 10.1 Å². The molecule has 2 rings (SSSR count). The molecule has 6 heteroatoms. The maximum Gasteiger partial charge on any atom is 0.269 e. The van der Waals surface area contributed by atoms with Crippen molar-refractivity contribution in [2.45, 2.75) is 37.5 Å². The van der Waals surface area contributed by atoms with Gasteiger partial charge in [0.05, 0.1) is 4.92 Å². The van der Waals surface area contributed by atoms with E-state index >= 15 is 0 Å². The van der Waals surface area contributed by atoms with Crippen molar-refractivity contribution >= 4 is 17.4 Å². The van der Waals surface area contributed by atoms with Gasteiger partial charge in [0.2, 0.25) is 0 Å². The molecule has 1 fully saturated rings. The molecule has 21 heavy (non-hydrogen) atoms. The molecule has 0 bridgehead atoms. The molecule has 0 saturated heterocycles. The van der Waals surface area contributed by atoms with Crippen molar-refractivity contribution in [2.24, 2.45) is 0 Å². The summed E-state index contributed by atoms with van der Waals surface area (Å²) in [5, 5.41) is 14.8. The van der Waals surface area contributed by atoms with E-state index in [0.717, 1.165) is 11.8 Å². The molecule has 1 aromatic carbocycles. The molecule has 0 amide bonds. The average Bonchev–Trinajstić information content (AvgIpc) is 2.92. The summed E-state index contributed by atoms with van der Waals surface area (Å²) < 4.78 is 5.60. The van der Waals surface area contributed by atoms with Gasteiger partial charge in [0, 0.05) is 30.0 Å². The third-order valence-corrected chi connectivity index (χ3v) is 4.98. The van der Waals surface area contributed by atoms with Crippen LogP contribution in [-0.4, -0.2) is 35.1 Å². The van der Waals surface area contributed by atoms with Gasteiger partial charge in [-0.3, -0.25) is 10.1 Å². The number of benzene rings is 1. The molecule has 1 aliphatic carbocycles. The van der Waals surface area contributed by atoms with Crippen molar-refractivity contribution in [1.29, 1.82) is 0 Å². The van der Waals surface area contributed by atoms with Gasteiger partial charge in [0.1, 0.15) is 12.4 Å². The van der Waals surface area contributed by atoms with Crippen LogP contribution in [0, 0.1) is 10.1 Å². The number of ether oxygens (including phenoxy) is 1. The highest BCUT2D eigenvalue weighted by Crippen LogP contribution is 2.29. The highest BCUT2D eigenvalue weighted by Gasteiger charge is 2.26. The molecule has 1 aromatic rings. The summed E-state index contributed by atoms with van der Waals surface area (Å²) in [7, 11) is 0. The number of nitrogens with one attached hydrogen (secondary N) is 1. The second-order valence-corrected chi connectivity index (χ2v) is 6.60. The first-order valence-electron chi connectivity index (χ1n) is 7.43. The van der Waals surface area contributed by atoms with Crippen molar-refractivity contribution in [2.75, 3.05) is 18.9 Å². The van der Waals surface area contributed by atoms with E-state index in [9.17, 15) is 10.1 Å². The zero-order valence-electron chi connectivity index (χ0n) is 12.3. The third-order valence-electron chi connectivity index (χ3n) is 3.66. The second-order valence-electron chi connectivity index (χ2n) is 5.08. The Balaban J connectivity index is 1.68. The number of nitro groups is 1. The zero-order chi connectivity index (χ0) is 15.1. The lowest BCUT2D eigenvalue weighted by Crippen LogP contribution is -2.36. The van der Waals surface area contributed by atoms with Gasteiger partial charge >= 0.3 is 0 Å².